The highest BCUT2D eigenvalue weighted by Crippen LogP contribution is 2.17. The molecule has 0 radical (unpaired) electrons. The summed E-state index contributed by atoms with van der Waals surface area (Å²) in [7, 11) is 0. The van der Waals surface area contributed by atoms with Crippen molar-refractivity contribution in [3.8, 4) is 0 Å². The average molecular weight is 320 g/mol. The molecule has 130 valence electrons. The summed E-state index contributed by atoms with van der Waals surface area (Å²) in [6, 6.07) is 10.6. The molecule has 0 aliphatic rings. The molecular weight excluding hydrogens is 288 g/mol. The molecule has 0 aromatic heterocycles. The second kappa shape index (κ2) is 9.56. The number of hydrogen-bond acceptors (Lipinski definition) is 3. The van der Waals surface area contributed by atoms with E-state index in [1.54, 1.807) is 0 Å². The van der Waals surface area contributed by atoms with Crippen molar-refractivity contribution in [3.63, 3.8) is 0 Å². The summed E-state index contributed by atoms with van der Waals surface area (Å²) in [6.07, 6.45) is 1.61. The molecule has 2 atom stereocenters. The summed E-state index contributed by atoms with van der Waals surface area (Å²) in [5, 5.41) is 6.35. The van der Waals surface area contributed by atoms with Gasteiger partial charge in [0.1, 0.15) is 5.60 Å². The summed E-state index contributed by atoms with van der Waals surface area (Å²) >= 11 is 0. The topological polar surface area (TPSA) is 50.4 Å². The van der Waals surface area contributed by atoms with E-state index in [4.69, 9.17) is 4.74 Å². The third-order valence-electron chi connectivity index (χ3n) is 3.73. The summed E-state index contributed by atoms with van der Waals surface area (Å²) in [4.78, 5) is 11.8. The molecule has 0 saturated carbocycles. The Morgan fingerprint density at radius 3 is 2.43 bits per heavy atom. The number of nitrogens with one attached hydrogen (secondary N) is 2. The fraction of sp³-hybridized carbons (Fsp3) is 0.632. The Hall–Kier alpha value is -1.55. The lowest BCUT2D eigenvalue weighted by Crippen LogP contribution is -2.44. The molecule has 0 aliphatic carbocycles. The zero-order valence-corrected chi connectivity index (χ0v) is 15.2. The smallest absolute Gasteiger partial charge is 0.407 e. The van der Waals surface area contributed by atoms with Crippen molar-refractivity contribution in [3.05, 3.63) is 35.9 Å². The van der Waals surface area contributed by atoms with Crippen molar-refractivity contribution in [1.29, 1.82) is 0 Å². The molecule has 4 nitrogen and oxygen atoms in total. The van der Waals surface area contributed by atoms with E-state index in [-0.39, 0.29) is 12.1 Å². The van der Waals surface area contributed by atoms with Gasteiger partial charge in [-0.3, -0.25) is 0 Å². The summed E-state index contributed by atoms with van der Waals surface area (Å²) < 4.78 is 5.29. The van der Waals surface area contributed by atoms with Gasteiger partial charge in [-0.05, 0) is 51.6 Å². The van der Waals surface area contributed by atoms with Gasteiger partial charge in [0.05, 0.1) is 0 Å². The first-order valence-corrected chi connectivity index (χ1v) is 8.57. The van der Waals surface area contributed by atoms with Crippen LogP contribution in [0.4, 0.5) is 4.79 Å². The van der Waals surface area contributed by atoms with Crippen molar-refractivity contribution in [1.82, 2.24) is 10.6 Å². The van der Waals surface area contributed by atoms with Gasteiger partial charge in [-0.25, -0.2) is 4.79 Å². The van der Waals surface area contributed by atoms with Crippen molar-refractivity contribution in [2.45, 2.75) is 65.0 Å². The van der Waals surface area contributed by atoms with Crippen LogP contribution in [0.25, 0.3) is 0 Å². The molecule has 4 heteroatoms. The van der Waals surface area contributed by atoms with Crippen LogP contribution in [0.15, 0.2) is 30.3 Å². The Labute approximate surface area is 141 Å². The third-order valence-corrected chi connectivity index (χ3v) is 3.73. The van der Waals surface area contributed by atoms with Crippen LogP contribution in [0.5, 0.6) is 0 Å². The Bertz CT molecular complexity index is 454. The first-order valence-electron chi connectivity index (χ1n) is 8.57. The highest BCUT2D eigenvalue weighted by molar-refractivity contribution is 5.68. The Balaban J connectivity index is 2.26. The lowest BCUT2D eigenvalue weighted by molar-refractivity contribution is 0.0502. The monoisotopic (exact) mass is 320 g/mol. The van der Waals surface area contributed by atoms with E-state index in [2.05, 4.69) is 48.7 Å². The number of alkyl carbamates (subject to hydrolysis) is 1. The minimum Gasteiger partial charge on any atom is -0.444 e. The molecule has 0 aliphatic heterocycles. The lowest BCUT2D eigenvalue weighted by atomic mass is 9.98. The largest absolute Gasteiger partial charge is 0.444 e. The van der Waals surface area contributed by atoms with Gasteiger partial charge in [-0.2, -0.15) is 0 Å². The molecule has 0 spiro atoms. The standard InChI is InChI=1S/C19H32N2O2/c1-6-17(21-18(22)23-19(3,4)5)14-20-13-12-15(2)16-10-8-7-9-11-16/h7-11,15,17,20H,6,12-14H2,1-5H3,(H,21,22). The van der Waals surface area contributed by atoms with Crippen LogP contribution in [0.1, 0.15) is 58.9 Å². The van der Waals surface area contributed by atoms with Crippen molar-refractivity contribution in [2.24, 2.45) is 0 Å². The number of carbonyl (C=O) groups is 1. The number of rotatable bonds is 8. The van der Waals surface area contributed by atoms with Gasteiger partial charge in [-0.1, -0.05) is 44.2 Å². The van der Waals surface area contributed by atoms with Gasteiger partial charge in [-0.15, -0.1) is 0 Å². The molecule has 0 heterocycles. The minimum absolute atomic E-state index is 0.0943. The fourth-order valence-electron chi connectivity index (χ4n) is 2.31. The molecule has 2 unspecified atom stereocenters. The molecule has 23 heavy (non-hydrogen) atoms. The first-order chi connectivity index (χ1) is 10.8. The summed E-state index contributed by atoms with van der Waals surface area (Å²) in [5.41, 5.74) is 0.911. The maximum atomic E-state index is 11.8. The predicted molar refractivity (Wildman–Crippen MR) is 95.8 cm³/mol. The van der Waals surface area contributed by atoms with Gasteiger partial charge in [0.2, 0.25) is 0 Å². The van der Waals surface area contributed by atoms with Gasteiger partial charge in [0.25, 0.3) is 0 Å². The van der Waals surface area contributed by atoms with Gasteiger partial charge >= 0.3 is 6.09 Å². The Morgan fingerprint density at radius 1 is 1.22 bits per heavy atom. The summed E-state index contributed by atoms with van der Waals surface area (Å²) in [5.74, 6) is 0.530. The van der Waals surface area contributed by atoms with Crippen molar-refractivity contribution >= 4 is 6.09 Å². The number of carbonyl (C=O) groups excluding carboxylic acids is 1. The molecule has 1 aromatic carbocycles. The molecule has 0 bridgehead atoms. The maximum Gasteiger partial charge on any atom is 0.407 e. The van der Waals surface area contributed by atoms with Crippen molar-refractivity contribution < 1.29 is 9.53 Å². The second-order valence-electron chi connectivity index (χ2n) is 7.06. The van der Waals surface area contributed by atoms with Crippen LogP contribution in [0.2, 0.25) is 0 Å². The van der Waals surface area contributed by atoms with Crippen LogP contribution in [-0.2, 0) is 4.74 Å². The van der Waals surface area contributed by atoms with E-state index in [1.807, 2.05) is 26.8 Å². The Morgan fingerprint density at radius 2 is 1.87 bits per heavy atom. The highest BCUT2D eigenvalue weighted by Gasteiger charge is 2.18. The molecule has 1 amide bonds. The van der Waals surface area contributed by atoms with Crippen LogP contribution in [0, 0.1) is 0 Å². The lowest BCUT2D eigenvalue weighted by Gasteiger charge is -2.23. The van der Waals surface area contributed by atoms with E-state index in [0.717, 1.165) is 25.9 Å². The fourth-order valence-corrected chi connectivity index (χ4v) is 2.31. The second-order valence-corrected chi connectivity index (χ2v) is 7.06. The number of benzene rings is 1. The Kier molecular flexibility index (Phi) is 8.10. The summed E-state index contributed by atoms with van der Waals surface area (Å²) in [6.45, 7) is 11.6. The molecule has 0 saturated heterocycles. The predicted octanol–water partition coefficient (Wildman–Crippen LogP) is 4.07. The minimum atomic E-state index is -0.457. The zero-order valence-electron chi connectivity index (χ0n) is 15.2. The van der Waals surface area contributed by atoms with Crippen LogP contribution in [-0.4, -0.2) is 30.8 Å². The molecule has 2 N–H and O–H groups in total. The van der Waals surface area contributed by atoms with Crippen LogP contribution < -0.4 is 10.6 Å². The molecule has 1 rings (SSSR count). The number of ether oxygens (including phenoxy) is 1. The molecule has 1 aromatic rings. The highest BCUT2D eigenvalue weighted by atomic mass is 16.6. The van der Waals surface area contributed by atoms with E-state index in [1.165, 1.54) is 5.56 Å². The quantitative estimate of drug-likeness (QED) is 0.710. The number of amides is 1. The van der Waals surface area contributed by atoms with Gasteiger partial charge in [0.15, 0.2) is 0 Å². The van der Waals surface area contributed by atoms with E-state index in [9.17, 15) is 4.79 Å². The van der Waals surface area contributed by atoms with Crippen molar-refractivity contribution in [2.75, 3.05) is 13.1 Å². The zero-order chi connectivity index (χ0) is 17.3. The van der Waals surface area contributed by atoms with Gasteiger partial charge in [0, 0.05) is 12.6 Å². The molecule has 0 fully saturated rings. The third kappa shape index (κ3) is 8.60. The van der Waals surface area contributed by atoms with Crippen LogP contribution >= 0.6 is 0 Å². The number of hydrogen-bond donors (Lipinski definition) is 2. The average Bonchev–Trinajstić information content (AvgIpc) is 2.49. The van der Waals surface area contributed by atoms with Gasteiger partial charge < -0.3 is 15.4 Å². The van der Waals surface area contributed by atoms with E-state index >= 15 is 0 Å². The normalized spacial score (nSPS) is 14.1. The van der Waals surface area contributed by atoms with E-state index in [0.29, 0.717) is 5.92 Å². The molecular formula is C19H32N2O2. The first kappa shape index (κ1) is 19.5. The SMILES string of the molecule is CCC(CNCCC(C)c1ccccc1)NC(=O)OC(C)(C)C. The van der Waals surface area contributed by atoms with E-state index < -0.39 is 5.60 Å². The maximum absolute atomic E-state index is 11.8. The van der Waals surface area contributed by atoms with Crippen LogP contribution in [0.3, 0.4) is 0 Å².